The number of rotatable bonds is 2. The molecular weight excluding hydrogens is 168 g/mol. The number of hydrogen-bond donors (Lipinski definition) is 2. The van der Waals surface area contributed by atoms with Crippen LogP contribution >= 0.6 is 11.6 Å². The van der Waals surface area contributed by atoms with Crippen LogP contribution in [0.25, 0.3) is 0 Å². The van der Waals surface area contributed by atoms with Crippen molar-refractivity contribution in [2.24, 2.45) is 0 Å². The number of aliphatic hydroxyl groups is 1. The number of carbonyl (C=O) groups is 1. The maximum atomic E-state index is 9.60. The molecule has 1 atom stereocenters. The van der Waals surface area contributed by atoms with Crippen molar-refractivity contribution in [2.75, 3.05) is 5.88 Å². The van der Waals surface area contributed by atoms with E-state index in [-0.39, 0.29) is 11.7 Å². The van der Waals surface area contributed by atoms with Crippen molar-refractivity contribution in [3.8, 4) is 0 Å². The first-order valence-corrected chi connectivity index (χ1v) is 3.58. The summed E-state index contributed by atoms with van der Waals surface area (Å²) in [7, 11) is 0. The molecule has 2 N–H and O–H groups in total. The minimum atomic E-state index is -0.935. The first kappa shape index (κ1) is 13.1. The molecule has 11 heavy (non-hydrogen) atoms. The van der Waals surface area contributed by atoms with Crippen LogP contribution in [-0.2, 0) is 4.79 Å². The Morgan fingerprint density at radius 3 is 1.91 bits per heavy atom. The molecule has 0 aromatic rings. The average molecular weight is 181 g/mol. The van der Waals surface area contributed by atoms with Crippen molar-refractivity contribution in [1.82, 2.24) is 0 Å². The molecule has 0 aromatic carbocycles. The van der Waals surface area contributed by atoms with Crippen LogP contribution in [0.3, 0.4) is 0 Å². The molecule has 0 spiro atoms. The zero-order valence-corrected chi connectivity index (χ0v) is 7.43. The maximum Gasteiger partial charge on any atom is 0.330 e. The van der Waals surface area contributed by atoms with E-state index in [1.165, 1.54) is 6.92 Å². The van der Waals surface area contributed by atoms with Crippen molar-refractivity contribution in [2.45, 2.75) is 20.0 Å². The highest BCUT2D eigenvalue weighted by atomic mass is 35.5. The number of aliphatic carboxylic acids is 1. The van der Waals surface area contributed by atoms with E-state index in [2.05, 4.69) is 6.58 Å². The first-order chi connectivity index (χ1) is 4.91. The number of carboxylic acids is 1. The Balaban J connectivity index is 0. The van der Waals surface area contributed by atoms with Crippen molar-refractivity contribution in [1.29, 1.82) is 0 Å². The molecule has 0 aliphatic carbocycles. The summed E-state index contributed by atoms with van der Waals surface area (Å²) in [5, 5.41) is 16.1. The highest BCUT2D eigenvalue weighted by Gasteiger charge is 1.90. The van der Waals surface area contributed by atoms with Gasteiger partial charge < -0.3 is 10.2 Å². The Bertz CT molecular complexity index is 120. The smallest absolute Gasteiger partial charge is 0.330 e. The van der Waals surface area contributed by atoms with Crippen LogP contribution in [0, 0.1) is 0 Å². The van der Waals surface area contributed by atoms with Crippen molar-refractivity contribution < 1.29 is 15.0 Å². The van der Waals surface area contributed by atoms with Gasteiger partial charge in [-0.1, -0.05) is 6.58 Å². The summed E-state index contributed by atoms with van der Waals surface area (Å²) in [5.41, 5.74) is 0.176. The highest BCUT2D eigenvalue weighted by Crippen LogP contribution is 1.81. The number of hydrogen-bond acceptors (Lipinski definition) is 2. The van der Waals surface area contributed by atoms with Crippen LogP contribution < -0.4 is 0 Å². The third-order valence-corrected chi connectivity index (χ3v) is 1.04. The fourth-order valence-corrected chi connectivity index (χ4v) is 0. The molecule has 0 rings (SSSR count). The lowest BCUT2D eigenvalue weighted by atomic mass is 10.4. The molecule has 3 nitrogen and oxygen atoms in total. The Morgan fingerprint density at radius 2 is 1.91 bits per heavy atom. The molecule has 0 aliphatic heterocycles. The van der Waals surface area contributed by atoms with Gasteiger partial charge >= 0.3 is 5.97 Å². The summed E-state index contributed by atoms with van der Waals surface area (Å²) in [6, 6.07) is 0. The molecule has 0 bridgehead atoms. The Morgan fingerprint density at radius 1 is 1.73 bits per heavy atom. The molecule has 0 heterocycles. The van der Waals surface area contributed by atoms with Gasteiger partial charge in [-0.3, -0.25) is 0 Å². The predicted molar refractivity (Wildman–Crippen MR) is 44.9 cm³/mol. The Hall–Kier alpha value is -0.540. The molecule has 0 aromatic heterocycles. The second kappa shape index (κ2) is 7.57. The topological polar surface area (TPSA) is 57.5 Å². The highest BCUT2D eigenvalue weighted by molar-refractivity contribution is 6.18. The fraction of sp³-hybridized carbons (Fsp3) is 0.571. The van der Waals surface area contributed by atoms with Gasteiger partial charge in [0, 0.05) is 11.5 Å². The molecule has 66 valence electrons. The van der Waals surface area contributed by atoms with Crippen molar-refractivity contribution >= 4 is 17.6 Å². The van der Waals surface area contributed by atoms with Gasteiger partial charge in [0.05, 0.1) is 6.10 Å². The van der Waals surface area contributed by atoms with Gasteiger partial charge in [0.25, 0.3) is 0 Å². The molecule has 1 unspecified atom stereocenters. The summed E-state index contributed by atoms with van der Waals surface area (Å²) in [6.07, 6.45) is -0.350. The molecule has 4 heteroatoms. The number of carboxylic acid groups (broad SMARTS) is 1. The fourth-order valence-electron chi connectivity index (χ4n) is 0. The van der Waals surface area contributed by atoms with E-state index < -0.39 is 5.97 Å². The average Bonchev–Trinajstić information content (AvgIpc) is 1.89. The summed E-state index contributed by atoms with van der Waals surface area (Å²) in [6.45, 7) is 6.25. The van der Waals surface area contributed by atoms with Crippen molar-refractivity contribution in [3.63, 3.8) is 0 Å². The third-order valence-electron chi connectivity index (χ3n) is 0.588. The summed E-state index contributed by atoms with van der Waals surface area (Å²) < 4.78 is 0. The van der Waals surface area contributed by atoms with Crippen LogP contribution in [0.4, 0.5) is 0 Å². The predicted octanol–water partition coefficient (Wildman–Crippen LogP) is 1.25. The summed E-state index contributed by atoms with van der Waals surface area (Å²) in [4.78, 5) is 9.60. The van der Waals surface area contributed by atoms with Crippen LogP contribution in [0.5, 0.6) is 0 Å². The van der Waals surface area contributed by atoms with Gasteiger partial charge in [0.2, 0.25) is 0 Å². The Labute approximate surface area is 71.3 Å². The minimum absolute atomic E-state index is 0.176. The number of alkyl halides is 1. The van der Waals surface area contributed by atoms with E-state index in [1.54, 1.807) is 6.92 Å². The monoisotopic (exact) mass is 180 g/mol. The standard InChI is InChI=1S/C4H6O2.C3H7ClO/c1-3(2)4(5)6;1-3(5)2-4/h1H2,2H3,(H,5,6);3,5H,2H2,1H3. The Kier molecular flexibility index (Phi) is 9.00. The second-order valence-electron chi connectivity index (χ2n) is 2.09. The normalized spacial score (nSPS) is 10.9. The largest absolute Gasteiger partial charge is 0.478 e. The number of aliphatic hydroxyl groups excluding tert-OH is 1. The lowest BCUT2D eigenvalue weighted by molar-refractivity contribution is -0.132. The lowest BCUT2D eigenvalue weighted by Gasteiger charge is -1.88. The van der Waals surface area contributed by atoms with Gasteiger partial charge in [-0.25, -0.2) is 4.79 Å². The van der Waals surface area contributed by atoms with Gasteiger partial charge in [-0.05, 0) is 13.8 Å². The van der Waals surface area contributed by atoms with Crippen LogP contribution in [-0.4, -0.2) is 28.2 Å². The molecule has 0 radical (unpaired) electrons. The van der Waals surface area contributed by atoms with Crippen LogP contribution in [0.15, 0.2) is 12.2 Å². The molecule has 0 saturated heterocycles. The van der Waals surface area contributed by atoms with Crippen LogP contribution in [0.1, 0.15) is 13.8 Å². The SMILES string of the molecule is C=C(C)C(=O)O.CC(O)CCl. The van der Waals surface area contributed by atoms with E-state index in [4.69, 9.17) is 21.8 Å². The van der Waals surface area contributed by atoms with E-state index >= 15 is 0 Å². The zero-order valence-electron chi connectivity index (χ0n) is 6.67. The number of halogens is 1. The van der Waals surface area contributed by atoms with Gasteiger partial charge in [-0.2, -0.15) is 0 Å². The van der Waals surface area contributed by atoms with E-state index in [0.717, 1.165) is 0 Å². The van der Waals surface area contributed by atoms with Gasteiger partial charge in [-0.15, -0.1) is 11.6 Å². The van der Waals surface area contributed by atoms with E-state index in [1.807, 2.05) is 0 Å². The van der Waals surface area contributed by atoms with Crippen LogP contribution in [0.2, 0.25) is 0 Å². The zero-order chi connectivity index (χ0) is 9.44. The van der Waals surface area contributed by atoms with Crippen molar-refractivity contribution in [3.05, 3.63) is 12.2 Å². The van der Waals surface area contributed by atoms with Gasteiger partial charge in [0.15, 0.2) is 0 Å². The molecular formula is C7H13ClO3. The minimum Gasteiger partial charge on any atom is -0.478 e. The van der Waals surface area contributed by atoms with Gasteiger partial charge in [0.1, 0.15) is 0 Å². The third kappa shape index (κ3) is 17.7. The summed E-state index contributed by atoms with van der Waals surface area (Å²) in [5.74, 6) is -0.602. The maximum absolute atomic E-state index is 9.60. The van der Waals surface area contributed by atoms with E-state index in [9.17, 15) is 4.79 Å². The molecule has 0 aliphatic rings. The molecule has 0 saturated carbocycles. The quantitative estimate of drug-likeness (QED) is 0.497. The summed E-state index contributed by atoms with van der Waals surface area (Å²) >= 11 is 5.09. The molecule has 0 amide bonds. The van der Waals surface area contributed by atoms with E-state index in [0.29, 0.717) is 5.88 Å². The second-order valence-corrected chi connectivity index (χ2v) is 2.40. The first-order valence-electron chi connectivity index (χ1n) is 3.04. The lowest BCUT2D eigenvalue weighted by Crippen LogP contribution is -1.98. The molecule has 0 fully saturated rings.